The molecule has 3 heterocycles. The topological polar surface area (TPSA) is 116 Å². The van der Waals surface area contributed by atoms with E-state index in [0.717, 1.165) is 31.5 Å². The fourth-order valence-corrected chi connectivity index (χ4v) is 3.89. The molecule has 1 amide bonds. The number of likely N-dealkylation sites (tertiary alicyclic amines) is 1. The summed E-state index contributed by atoms with van der Waals surface area (Å²) in [6.45, 7) is 5.09. The molecule has 2 N–H and O–H groups in total. The number of thiazole rings is 1. The van der Waals surface area contributed by atoms with Gasteiger partial charge in [0.1, 0.15) is 5.69 Å². The Morgan fingerprint density at radius 3 is 3.21 bits per heavy atom. The predicted octanol–water partition coefficient (Wildman–Crippen LogP) is 2.49. The Bertz CT molecular complexity index is 851. The maximum Gasteiger partial charge on any atom is 0.270 e. The van der Waals surface area contributed by atoms with Crippen LogP contribution in [0.5, 0.6) is 0 Å². The molecule has 0 spiro atoms. The number of nitriles is 1. The van der Waals surface area contributed by atoms with Gasteiger partial charge in [-0.2, -0.15) is 5.26 Å². The Hall–Kier alpha value is -2.61. The second kappa shape index (κ2) is 10.8. The Kier molecular flexibility index (Phi) is 7.86. The van der Waals surface area contributed by atoms with Crippen LogP contribution >= 0.6 is 11.3 Å². The normalized spacial score (nSPS) is 16.5. The second-order valence-electron chi connectivity index (χ2n) is 6.56. The van der Waals surface area contributed by atoms with Gasteiger partial charge in [-0.15, -0.1) is 11.3 Å². The number of ether oxygens (including phenoxy) is 1. The van der Waals surface area contributed by atoms with Gasteiger partial charge in [0.25, 0.3) is 5.91 Å². The van der Waals surface area contributed by atoms with Crippen molar-refractivity contribution in [2.75, 3.05) is 38.2 Å². The lowest BCUT2D eigenvalue weighted by Gasteiger charge is -2.21. The Labute approximate surface area is 174 Å². The standard InChI is InChI=1S/C19H25N7O2S/c1-2-28-12-4-8-21-17(27)15-13-29-19(24-15)25-18-22-9-6-14(23-18)16-5-3-10-26(16)11-7-20/h6,9,13,16H,2-5,8,10-12H2,1H3,(H,21,27)(H,22,23,24,25)/t16-/m0/s1. The quantitative estimate of drug-likeness (QED) is 0.449. The van der Waals surface area contributed by atoms with Crippen molar-refractivity contribution in [1.29, 1.82) is 5.26 Å². The number of rotatable bonds is 10. The first-order valence-corrected chi connectivity index (χ1v) is 10.6. The molecular formula is C19H25N7O2S. The lowest BCUT2D eigenvalue weighted by atomic mass is 10.1. The summed E-state index contributed by atoms with van der Waals surface area (Å²) in [7, 11) is 0. The molecule has 10 heteroatoms. The van der Waals surface area contributed by atoms with Crippen LogP contribution in [0.4, 0.5) is 11.1 Å². The average molecular weight is 416 g/mol. The van der Waals surface area contributed by atoms with Gasteiger partial charge < -0.3 is 15.4 Å². The highest BCUT2D eigenvalue weighted by atomic mass is 32.1. The molecular weight excluding hydrogens is 390 g/mol. The van der Waals surface area contributed by atoms with Gasteiger partial charge in [0.15, 0.2) is 5.13 Å². The van der Waals surface area contributed by atoms with E-state index in [1.807, 2.05) is 13.0 Å². The van der Waals surface area contributed by atoms with Crippen LogP contribution in [-0.4, -0.2) is 58.6 Å². The van der Waals surface area contributed by atoms with Gasteiger partial charge in [-0.05, 0) is 38.8 Å². The van der Waals surface area contributed by atoms with Crippen molar-refractivity contribution in [1.82, 2.24) is 25.2 Å². The summed E-state index contributed by atoms with van der Waals surface area (Å²) in [4.78, 5) is 27.5. The third kappa shape index (κ3) is 5.93. The van der Waals surface area contributed by atoms with E-state index in [1.165, 1.54) is 11.3 Å². The van der Waals surface area contributed by atoms with Crippen molar-refractivity contribution in [3.05, 3.63) is 29.0 Å². The fourth-order valence-electron chi connectivity index (χ4n) is 3.20. The van der Waals surface area contributed by atoms with Crippen LogP contribution in [0.2, 0.25) is 0 Å². The van der Waals surface area contributed by atoms with Crippen LogP contribution in [0.3, 0.4) is 0 Å². The van der Waals surface area contributed by atoms with E-state index in [4.69, 9.17) is 10.00 Å². The predicted molar refractivity (Wildman–Crippen MR) is 110 cm³/mol. The van der Waals surface area contributed by atoms with Crippen LogP contribution in [-0.2, 0) is 4.74 Å². The molecule has 0 aliphatic carbocycles. The summed E-state index contributed by atoms with van der Waals surface area (Å²) in [6, 6.07) is 4.23. The van der Waals surface area contributed by atoms with Crippen LogP contribution in [0.1, 0.15) is 48.4 Å². The fraction of sp³-hybridized carbons (Fsp3) is 0.526. The number of nitrogens with one attached hydrogen (secondary N) is 2. The number of aromatic nitrogens is 3. The Morgan fingerprint density at radius 2 is 2.38 bits per heavy atom. The molecule has 0 saturated carbocycles. The lowest BCUT2D eigenvalue weighted by Crippen LogP contribution is -2.25. The van der Waals surface area contributed by atoms with Crippen molar-refractivity contribution >= 4 is 28.3 Å². The maximum absolute atomic E-state index is 12.2. The molecule has 1 saturated heterocycles. The highest BCUT2D eigenvalue weighted by Crippen LogP contribution is 2.30. The van der Waals surface area contributed by atoms with E-state index in [-0.39, 0.29) is 11.9 Å². The van der Waals surface area contributed by atoms with E-state index >= 15 is 0 Å². The molecule has 1 aliphatic rings. The first kappa shape index (κ1) is 21.1. The second-order valence-corrected chi connectivity index (χ2v) is 7.42. The minimum atomic E-state index is -0.210. The molecule has 1 atom stereocenters. The molecule has 0 bridgehead atoms. The molecule has 2 aromatic rings. The van der Waals surface area contributed by atoms with Crippen molar-refractivity contribution < 1.29 is 9.53 Å². The number of carbonyl (C=O) groups is 1. The van der Waals surface area contributed by atoms with Crippen LogP contribution in [0.25, 0.3) is 0 Å². The van der Waals surface area contributed by atoms with Crippen molar-refractivity contribution in [2.45, 2.75) is 32.2 Å². The van der Waals surface area contributed by atoms with Crippen LogP contribution in [0.15, 0.2) is 17.6 Å². The summed E-state index contributed by atoms with van der Waals surface area (Å²) in [5.74, 6) is 0.225. The number of nitrogens with zero attached hydrogens (tertiary/aromatic N) is 5. The molecule has 1 aliphatic heterocycles. The molecule has 9 nitrogen and oxygen atoms in total. The summed E-state index contributed by atoms with van der Waals surface area (Å²) in [5.41, 5.74) is 1.25. The Morgan fingerprint density at radius 1 is 1.48 bits per heavy atom. The highest BCUT2D eigenvalue weighted by molar-refractivity contribution is 7.14. The number of anilines is 2. The monoisotopic (exact) mass is 415 g/mol. The number of hydrogen-bond donors (Lipinski definition) is 2. The summed E-state index contributed by atoms with van der Waals surface area (Å²) < 4.78 is 5.25. The Balaban J connectivity index is 1.57. The molecule has 0 unspecified atom stereocenters. The minimum absolute atomic E-state index is 0.132. The van der Waals surface area contributed by atoms with Crippen molar-refractivity contribution in [3.63, 3.8) is 0 Å². The maximum atomic E-state index is 12.2. The highest BCUT2D eigenvalue weighted by Gasteiger charge is 2.27. The zero-order valence-electron chi connectivity index (χ0n) is 16.4. The van der Waals surface area contributed by atoms with E-state index in [0.29, 0.717) is 43.1 Å². The number of hydrogen-bond acceptors (Lipinski definition) is 9. The van der Waals surface area contributed by atoms with Crippen LogP contribution < -0.4 is 10.6 Å². The van der Waals surface area contributed by atoms with Gasteiger partial charge in [-0.25, -0.2) is 15.0 Å². The summed E-state index contributed by atoms with van der Waals surface area (Å²) >= 11 is 1.33. The third-order valence-corrected chi connectivity index (χ3v) is 5.32. The van der Waals surface area contributed by atoms with Gasteiger partial charge in [-0.3, -0.25) is 9.69 Å². The lowest BCUT2D eigenvalue weighted by molar-refractivity contribution is 0.0940. The third-order valence-electron chi connectivity index (χ3n) is 4.57. The molecule has 3 rings (SSSR count). The van der Waals surface area contributed by atoms with Gasteiger partial charge in [-0.1, -0.05) is 0 Å². The molecule has 0 aromatic carbocycles. The molecule has 0 radical (unpaired) electrons. The molecule has 29 heavy (non-hydrogen) atoms. The van der Waals surface area contributed by atoms with E-state index in [1.54, 1.807) is 11.6 Å². The minimum Gasteiger partial charge on any atom is -0.382 e. The summed E-state index contributed by atoms with van der Waals surface area (Å²) in [5, 5.41) is 17.2. The zero-order valence-corrected chi connectivity index (χ0v) is 17.2. The van der Waals surface area contributed by atoms with E-state index < -0.39 is 0 Å². The largest absolute Gasteiger partial charge is 0.382 e. The number of amides is 1. The smallest absolute Gasteiger partial charge is 0.270 e. The van der Waals surface area contributed by atoms with Gasteiger partial charge in [0, 0.05) is 31.3 Å². The van der Waals surface area contributed by atoms with E-state index in [2.05, 4.69) is 36.6 Å². The molecule has 154 valence electrons. The first-order valence-electron chi connectivity index (χ1n) is 9.73. The number of carbonyl (C=O) groups excluding carboxylic acids is 1. The molecule has 1 fully saturated rings. The molecule has 2 aromatic heterocycles. The van der Waals surface area contributed by atoms with Gasteiger partial charge in [0.2, 0.25) is 5.95 Å². The SMILES string of the molecule is CCOCCCNC(=O)c1csc(Nc2nccc([C@@H]3CCCN3CC#N)n2)n1. The first-order chi connectivity index (χ1) is 14.2. The zero-order chi connectivity index (χ0) is 20.5. The summed E-state index contributed by atoms with van der Waals surface area (Å²) in [6.07, 6.45) is 4.49. The van der Waals surface area contributed by atoms with Crippen molar-refractivity contribution in [2.24, 2.45) is 0 Å². The average Bonchev–Trinajstić information content (AvgIpc) is 3.38. The van der Waals surface area contributed by atoms with Gasteiger partial charge >= 0.3 is 0 Å². The van der Waals surface area contributed by atoms with Crippen LogP contribution in [0, 0.1) is 11.3 Å². The van der Waals surface area contributed by atoms with Crippen molar-refractivity contribution in [3.8, 4) is 6.07 Å². The van der Waals surface area contributed by atoms with Gasteiger partial charge in [0.05, 0.1) is 24.3 Å². The van der Waals surface area contributed by atoms with E-state index in [9.17, 15) is 4.79 Å².